The van der Waals surface area contributed by atoms with Gasteiger partial charge in [-0.3, -0.25) is 4.79 Å². The number of amides is 1. The van der Waals surface area contributed by atoms with Gasteiger partial charge >= 0.3 is 0 Å². The molecular formula is C17H20N2OS. The van der Waals surface area contributed by atoms with E-state index >= 15 is 0 Å². The van der Waals surface area contributed by atoms with Crippen molar-refractivity contribution in [2.24, 2.45) is 0 Å². The van der Waals surface area contributed by atoms with Gasteiger partial charge in [0.25, 0.3) is 5.91 Å². The van der Waals surface area contributed by atoms with Crippen molar-refractivity contribution in [1.82, 2.24) is 4.98 Å². The van der Waals surface area contributed by atoms with E-state index in [-0.39, 0.29) is 11.3 Å². The summed E-state index contributed by atoms with van der Waals surface area (Å²) in [7, 11) is 0. The second-order valence-corrected chi connectivity index (χ2v) is 7.33. The number of hydrogen-bond donors (Lipinski definition) is 1. The maximum Gasteiger partial charge on any atom is 0.267 e. The van der Waals surface area contributed by atoms with E-state index in [9.17, 15) is 4.79 Å². The van der Waals surface area contributed by atoms with Gasteiger partial charge in [-0.25, -0.2) is 4.98 Å². The van der Waals surface area contributed by atoms with Gasteiger partial charge in [0, 0.05) is 5.69 Å². The molecule has 1 aromatic carbocycles. The molecule has 3 rings (SSSR count). The van der Waals surface area contributed by atoms with Crippen LogP contribution >= 0.6 is 11.3 Å². The van der Waals surface area contributed by atoms with E-state index in [1.165, 1.54) is 22.5 Å². The summed E-state index contributed by atoms with van der Waals surface area (Å²) in [6.45, 7) is 8.65. The van der Waals surface area contributed by atoms with Crippen LogP contribution in [0.4, 0.5) is 5.69 Å². The van der Waals surface area contributed by atoms with Crippen LogP contribution in [0.3, 0.4) is 0 Å². The summed E-state index contributed by atoms with van der Waals surface area (Å²) in [5.74, 6) is 0.411. The molecule has 0 saturated carbocycles. The molecule has 0 fully saturated rings. The number of nitrogens with one attached hydrogen (secondary N) is 1. The van der Waals surface area contributed by atoms with Gasteiger partial charge in [-0.15, -0.1) is 11.3 Å². The van der Waals surface area contributed by atoms with Gasteiger partial charge in [0.05, 0.1) is 11.2 Å². The number of aryl methyl sites for hydroxylation is 1. The van der Waals surface area contributed by atoms with Crippen molar-refractivity contribution >= 4 is 22.9 Å². The van der Waals surface area contributed by atoms with Crippen LogP contribution < -0.4 is 5.32 Å². The molecule has 0 saturated heterocycles. The molecule has 0 spiro atoms. The summed E-state index contributed by atoms with van der Waals surface area (Å²) >= 11 is 1.39. The van der Waals surface area contributed by atoms with Crippen molar-refractivity contribution in [3.8, 4) is 0 Å². The Labute approximate surface area is 129 Å². The number of aromatic nitrogens is 1. The average molecular weight is 300 g/mol. The summed E-state index contributed by atoms with van der Waals surface area (Å²) in [5, 5.41) is 3.09. The third-order valence-electron chi connectivity index (χ3n) is 4.34. The number of nitrogens with zero attached hydrogens (tertiary/aromatic N) is 1. The Morgan fingerprint density at radius 1 is 1.43 bits per heavy atom. The molecule has 21 heavy (non-hydrogen) atoms. The predicted octanol–water partition coefficient (Wildman–Crippen LogP) is 4.49. The second-order valence-electron chi connectivity index (χ2n) is 6.48. The fourth-order valence-electron chi connectivity index (χ4n) is 3.47. The monoisotopic (exact) mass is 300 g/mol. The summed E-state index contributed by atoms with van der Waals surface area (Å²) in [6.07, 6.45) is 1.12. The minimum Gasteiger partial charge on any atom is -0.321 e. The van der Waals surface area contributed by atoms with Crippen molar-refractivity contribution in [2.45, 2.75) is 45.4 Å². The standard InChI is InChI=1S/C17H20N2OS/c1-10-8-17(3,4)12-6-5-7-13(14(10)12)19-16(20)15-11(2)18-9-21-15/h5-7,9-10H,8H2,1-4H3,(H,19,20)/t10-/m1/s1. The van der Waals surface area contributed by atoms with Gasteiger partial charge in [-0.2, -0.15) is 0 Å². The molecule has 1 N–H and O–H groups in total. The van der Waals surface area contributed by atoms with E-state index in [2.05, 4.69) is 37.1 Å². The normalized spacial score (nSPS) is 19.3. The maximum atomic E-state index is 12.4. The first-order valence-electron chi connectivity index (χ1n) is 7.25. The lowest BCUT2D eigenvalue weighted by molar-refractivity contribution is 0.102. The van der Waals surface area contributed by atoms with Gasteiger partial charge in [0.2, 0.25) is 0 Å². The summed E-state index contributed by atoms with van der Waals surface area (Å²) in [6, 6.07) is 6.23. The topological polar surface area (TPSA) is 42.0 Å². The average Bonchev–Trinajstić information content (AvgIpc) is 2.92. The van der Waals surface area contributed by atoms with Gasteiger partial charge in [0.15, 0.2) is 0 Å². The number of fused-ring (bicyclic) bond motifs is 1. The zero-order valence-electron chi connectivity index (χ0n) is 12.9. The predicted molar refractivity (Wildman–Crippen MR) is 87.3 cm³/mol. The SMILES string of the molecule is Cc1ncsc1C(=O)Nc1cccc2c1[C@H](C)CC2(C)C. The third kappa shape index (κ3) is 2.38. The van der Waals surface area contributed by atoms with E-state index in [1.807, 2.05) is 19.1 Å². The van der Waals surface area contributed by atoms with Crippen LogP contribution in [0.15, 0.2) is 23.7 Å². The lowest BCUT2D eigenvalue weighted by Crippen LogP contribution is -2.14. The van der Waals surface area contributed by atoms with Gasteiger partial charge in [0.1, 0.15) is 4.88 Å². The highest BCUT2D eigenvalue weighted by molar-refractivity contribution is 7.12. The Kier molecular flexibility index (Phi) is 3.36. The van der Waals surface area contributed by atoms with E-state index in [0.29, 0.717) is 10.8 Å². The van der Waals surface area contributed by atoms with Crippen LogP contribution in [0.1, 0.15) is 59.6 Å². The first-order chi connectivity index (χ1) is 9.90. The fraction of sp³-hybridized carbons (Fsp3) is 0.412. The molecule has 2 aromatic rings. The molecule has 0 aliphatic heterocycles. The van der Waals surface area contributed by atoms with Crippen LogP contribution in [0.5, 0.6) is 0 Å². The van der Waals surface area contributed by atoms with Crippen molar-refractivity contribution < 1.29 is 4.79 Å². The molecule has 1 aliphatic carbocycles. The number of rotatable bonds is 2. The third-order valence-corrected chi connectivity index (χ3v) is 5.27. The molecular weight excluding hydrogens is 280 g/mol. The first-order valence-corrected chi connectivity index (χ1v) is 8.13. The zero-order valence-corrected chi connectivity index (χ0v) is 13.7. The smallest absolute Gasteiger partial charge is 0.267 e. The molecule has 1 amide bonds. The number of thiazole rings is 1. The highest BCUT2D eigenvalue weighted by Gasteiger charge is 2.36. The number of anilines is 1. The first kappa shape index (κ1) is 14.3. The zero-order chi connectivity index (χ0) is 15.2. The van der Waals surface area contributed by atoms with Crippen LogP contribution in [-0.4, -0.2) is 10.9 Å². The quantitative estimate of drug-likeness (QED) is 0.888. The van der Waals surface area contributed by atoms with Crippen molar-refractivity contribution in [2.75, 3.05) is 5.32 Å². The number of benzene rings is 1. The lowest BCUT2D eigenvalue weighted by Gasteiger charge is -2.19. The molecule has 0 bridgehead atoms. The molecule has 3 nitrogen and oxygen atoms in total. The van der Waals surface area contributed by atoms with Crippen molar-refractivity contribution in [3.63, 3.8) is 0 Å². The minimum absolute atomic E-state index is 0.0553. The Bertz CT molecular complexity index is 703. The second kappa shape index (κ2) is 4.95. The summed E-state index contributed by atoms with van der Waals surface area (Å²) < 4.78 is 0. The van der Waals surface area contributed by atoms with Crippen LogP contribution in [0.2, 0.25) is 0 Å². The van der Waals surface area contributed by atoms with E-state index in [0.717, 1.165) is 17.8 Å². The highest BCUT2D eigenvalue weighted by Crippen LogP contribution is 2.48. The number of carbonyl (C=O) groups is 1. The molecule has 0 radical (unpaired) electrons. The fourth-order valence-corrected chi connectivity index (χ4v) is 4.17. The number of carbonyl (C=O) groups excluding carboxylic acids is 1. The Hall–Kier alpha value is -1.68. The molecule has 1 heterocycles. The lowest BCUT2D eigenvalue weighted by atomic mass is 9.86. The Balaban J connectivity index is 1.97. The van der Waals surface area contributed by atoms with E-state index in [1.54, 1.807) is 5.51 Å². The van der Waals surface area contributed by atoms with Gasteiger partial charge in [-0.1, -0.05) is 32.9 Å². The molecule has 4 heteroatoms. The molecule has 1 aliphatic rings. The Morgan fingerprint density at radius 3 is 2.86 bits per heavy atom. The van der Waals surface area contributed by atoms with Crippen LogP contribution in [0, 0.1) is 6.92 Å². The maximum absolute atomic E-state index is 12.4. The minimum atomic E-state index is -0.0553. The molecule has 110 valence electrons. The van der Waals surface area contributed by atoms with Crippen LogP contribution in [-0.2, 0) is 5.41 Å². The molecule has 1 atom stereocenters. The molecule has 0 unspecified atom stereocenters. The van der Waals surface area contributed by atoms with Crippen molar-refractivity contribution in [1.29, 1.82) is 0 Å². The largest absolute Gasteiger partial charge is 0.321 e. The summed E-state index contributed by atoms with van der Waals surface area (Å²) in [5.41, 5.74) is 6.27. The van der Waals surface area contributed by atoms with Crippen molar-refractivity contribution in [3.05, 3.63) is 45.4 Å². The number of hydrogen-bond acceptors (Lipinski definition) is 3. The summed E-state index contributed by atoms with van der Waals surface area (Å²) in [4.78, 5) is 17.3. The van der Waals surface area contributed by atoms with Gasteiger partial charge in [-0.05, 0) is 41.9 Å². The van der Waals surface area contributed by atoms with E-state index < -0.39 is 0 Å². The molecule has 1 aromatic heterocycles. The van der Waals surface area contributed by atoms with Gasteiger partial charge < -0.3 is 5.32 Å². The highest BCUT2D eigenvalue weighted by atomic mass is 32.1. The van der Waals surface area contributed by atoms with E-state index in [4.69, 9.17) is 0 Å². The van der Waals surface area contributed by atoms with Crippen LogP contribution in [0.25, 0.3) is 0 Å². The Morgan fingerprint density at radius 2 is 2.19 bits per heavy atom.